The van der Waals surface area contributed by atoms with Gasteiger partial charge < -0.3 is 5.32 Å². The lowest BCUT2D eigenvalue weighted by Gasteiger charge is -2.29. The van der Waals surface area contributed by atoms with Crippen LogP contribution < -0.4 is 5.32 Å². The third-order valence-corrected chi connectivity index (χ3v) is 5.12. The Kier molecular flexibility index (Phi) is 5.25. The van der Waals surface area contributed by atoms with E-state index in [-0.39, 0.29) is 23.8 Å². The van der Waals surface area contributed by atoms with Crippen molar-refractivity contribution < 1.29 is 4.79 Å². The summed E-state index contributed by atoms with van der Waals surface area (Å²) < 4.78 is 0. The Morgan fingerprint density at radius 1 is 1.12 bits per heavy atom. The van der Waals surface area contributed by atoms with Gasteiger partial charge in [-0.05, 0) is 54.0 Å². The van der Waals surface area contributed by atoms with Gasteiger partial charge in [-0.1, -0.05) is 61.8 Å². The summed E-state index contributed by atoms with van der Waals surface area (Å²) in [7, 11) is 0. The fourth-order valence-electron chi connectivity index (χ4n) is 3.67. The van der Waals surface area contributed by atoms with Crippen LogP contribution in [0.5, 0.6) is 0 Å². The molecule has 0 saturated heterocycles. The smallest absolute Gasteiger partial charge is 0.228 e. The summed E-state index contributed by atoms with van der Waals surface area (Å²) >= 11 is 5.99. The van der Waals surface area contributed by atoms with E-state index in [4.69, 9.17) is 11.6 Å². The molecular weight excluding hydrogens is 318 g/mol. The van der Waals surface area contributed by atoms with Gasteiger partial charge in [0.25, 0.3) is 0 Å². The standard InChI is InChI=1S/C21H24ClNO/c1-14(2)20(16-10-12-17(22)13-11-16)21(24)23-19-9-5-7-15-6-3-4-8-18(15)19/h3-4,6,8,10-14,19-20H,5,7,9H2,1-2H3,(H,23,24)/t19-,20-/m1/s1. The summed E-state index contributed by atoms with van der Waals surface area (Å²) in [4.78, 5) is 13.0. The van der Waals surface area contributed by atoms with Crippen molar-refractivity contribution in [3.8, 4) is 0 Å². The number of hydrogen-bond acceptors (Lipinski definition) is 1. The fourth-order valence-corrected chi connectivity index (χ4v) is 3.80. The monoisotopic (exact) mass is 341 g/mol. The SMILES string of the molecule is CC(C)[C@@H](C(=O)N[C@@H]1CCCc2ccccc21)c1ccc(Cl)cc1. The van der Waals surface area contributed by atoms with E-state index < -0.39 is 0 Å². The number of benzene rings is 2. The first-order chi connectivity index (χ1) is 11.6. The minimum atomic E-state index is -0.156. The summed E-state index contributed by atoms with van der Waals surface area (Å²) in [5, 5.41) is 3.99. The van der Waals surface area contributed by atoms with Crippen molar-refractivity contribution >= 4 is 17.5 Å². The molecule has 2 nitrogen and oxygen atoms in total. The van der Waals surface area contributed by atoms with E-state index >= 15 is 0 Å². The minimum Gasteiger partial charge on any atom is -0.349 e. The summed E-state index contributed by atoms with van der Waals surface area (Å²) in [6, 6.07) is 16.2. The van der Waals surface area contributed by atoms with Crippen LogP contribution in [0.25, 0.3) is 0 Å². The fraction of sp³-hybridized carbons (Fsp3) is 0.381. The number of rotatable bonds is 4. The molecule has 0 bridgehead atoms. The highest BCUT2D eigenvalue weighted by atomic mass is 35.5. The number of nitrogens with one attached hydrogen (secondary N) is 1. The predicted octanol–water partition coefficient (Wildman–Crippen LogP) is 5.27. The third kappa shape index (κ3) is 3.64. The second kappa shape index (κ2) is 7.40. The number of amides is 1. The molecule has 3 rings (SSSR count). The summed E-state index contributed by atoms with van der Waals surface area (Å²) in [6.45, 7) is 4.18. The zero-order valence-electron chi connectivity index (χ0n) is 14.3. The van der Waals surface area contributed by atoms with Crippen LogP contribution >= 0.6 is 11.6 Å². The van der Waals surface area contributed by atoms with Crippen molar-refractivity contribution in [2.45, 2.75) is 45.1 Å². The summed E-state index contributed by atoms with van der Waals surface area (Å²) in [5.41, 5.74) is 3.66. The first-order valence-corrected chi connectivity index (χ1v) is 9.07. The Balaban J connectivity index is 1.81. The Bertz CT molecular complexity index is 708. The van der Waals surface area contributed by atoms with E-state index in [0.717, 1.165) is 24.8 Å². The number of fused-ring (bicyclic) bond motifs is 1. The van der Waals surface area contributed by atoms with Gasteiger partial charge in [0, 0.05) is 5.02 Å². The average Bonchev–Trinajstić information content (AvgIpc) is 2.57. The topological polar surface area (TPSA) is 29.1 Å². The molecule has 24 heavy (non-hydrogen) atoms. The van der Waals surface area contributed by atoms with Crippen LogP contribution in [0, 0.1) is 5.92 Å². The van der Waals surface area contributed by atoms with Gasteiger partial charge in [-0.2, -0.15) is 0 Å². The van der Waals surface area contributed by atoms with Crippen molar-refractivity contribution in [1.82, 2.24) is 5.32 Å². The summed E-state index contributed by atoms with van der Waals surface area (Å²) in [6.07, 6.45) is 3.23. The molecule has 1 amide bonds. The van der Waals surface area contributed by atoms with Crippen LogP contribution in [-0.2, 0) is 11.2 Å². The number of carbonyl (C=O) groups excluding carboxylic acids is 1. The van der Waals surface area contributed by atoms with E-state index in [1.165, 1.54) is 11.1 Å². The molecule has 2 atom stereocenters. The van der Waals surface area contributed by atoms with Crippen molar-refractivity contribution in [3.05, 3.63) is 70.2 Å². The van der Waals surface area contributed by atoms with Crippen LogP contribution in [0.1, 0.15) is 55.3 Å². The molecule has 0 aliphatic heterocycles. The molecule has 0 fully saturated rings. The molecule has 0 spiro atoms. The van der Waals surface area contributed by atoms with Crippen molar-refractivity contribution in [2.75, 3.05) is 0 Å². The number of hydrogen-bond donors (Lipinski definition) is 1. The first-order valence-electron chi connectivity index (χ1n) is 8.70. The maximum atomic E-state index is 13.0. The van der Waals surface area contributed by atoms with Crippen molar-refractivity contribution in [3.63, 3.8) is 0 Å². The number of aryl methyl sites for hydroxylation is 1. The van der Waals surface area contributed by atoms with Gasteiger partial charge in [0.1, 0.15) is 0 Å². The molecule has 126 valence electrons. The Hall–Kier alpha value is -1.80. The van der Waals surface area contributed by atoms with Gasteiger partial charge in [-0.15, -0.1) is 0 Å². The number of carbonyl (C=O) groups is 1. The third-order valence-electron chi connectivity index (χ3n) is 4.86. The van der Waals surface area contributed by atoms with Gasteiger partial charge in [-0.3, -0.25) is 4.79 Å². The minimum absolute atomic E-state index is 0.106. The lowest BCUT2D eigenvalue weighted by atomic mass is 9.85. The maximum Gasteiger partial charge on any atom is 0.228 e. The Labute approximate surface area is 149 Å². The second-order valence-electron chi connectivity index (χ2n) is 6.93. The quantitative estimate of drug-likeness (QED) is 0.806. The van der Waals surface area contributed by atoms with Gasteiger partial charge in [0.2, 0.25) is 5.91 Å². The zero-order valence-corrected chi connectivity index (χ0v) is 15.0. The molecule has 0 radical (unpaired) electrons. The predicted molar refractivity (Wildman–Crippen MR) is 99.3 cm³/mol. The molecule has 0 aromatic heterocycles. The molecule has 1 aliphatic carbocycles. The summed E-state index contributed by atoms with van der Waals surface area (Å²) in [5.74, 6) is 0.176. The first kappa shape index (κ1) is 17.0. The van der Waals surface area contributed by atoms with Gasteiger partial charge in [-0.25, -0.2) is 0 Å². The van der Waals surface area contributed by atoms with E-state index in [9.17, 15) is 4.79 Å². The normalized spacial score (nSPS) is 18.1. The molecule has 3 heteroatoms. The second-order valence-corrected chi connectivity index (χ2v) is 7.36. The van der Waals surface area contributed by atoms with Gasteiger partial charge in [0.05, 0.1) is 12.0 Å². The highest BCUT2D eigenvalue weighted by Gasteiger charge is 2.28. The molecule has 2 aromatic rings. The van der Waals surface area contributed by atoms with Crippen molar-refractivity contribution in [1.29, 1.82) is 0 Å². The highest BCUT2D eigenvalue weighted by molar-refractivity contribution is 6.30. The molecule has 1 aliphatic rings. The van der Waals surface area contributed by atoms with E-state index in [1.54, 1.807) is 0 Å². The van der Waals surface area contributed by atoms with E-state index in [0.29, 0.717) is 5.02 Å². The van der Waals surface area contributed by atoms with Crippen LogP contribution in [0.15, 0.2) is 48.5 Å². The molecule has 1 N–H and O–H groups in total. The van der Waals surface area contributed by atoms with Crippen LogP contribution in [0.2, 0.25) is 5.02 Å². The van der Waals surface area contributed by atoms with E-state index in [2.05, 4.69) is 43.4 Å². The van der Waals surface area contributed by atoms with Crippen LogP contribution in [-0.4, -0.2) is 5.91 Å². The van der Waals surface area contributed by atoms with Crippen molar-refractivity contribution in [2.24, 2.45) is 5.92 Å². The number of halogens is 1. The largest absolute Gasteiger partial charge is 0.349 e. The maximum absolute atomic E-state index is 13.0. The molecule has 0 heterocycles. The van der Waals surface area contributed by atoms with Gasteiger partial charge >= 0.3 is 0 Å². The lowest BCUT2D eigenvalue weighted by Crippen LogP contribution is -2.36. The molecule has 2 aromatic carbocycles. The Morgan fingerprint density at radius 2 is 1.83 bits per heavy atom. The highest BCUT2D eigenvalue weighted by Crippen LogP contribution is 2.32. The van der Waals surface area contributed by atoms with Crippen LogP contribution in [0.3, 0.4) is 0 Å². The van der Waals surface area contributed by atoms with E-state index in [1.807, 2.05) is 24.3 Å². The van der Waals surface area contributed by atoms with Crippen LogP contribution in [0.4, 0.5) is 0 Å². The molecule has 0 saturated carbocycles. The lowest BCUT2D eigenvalue weighted by molar-refractivity contribution is -0.124. The van der Waals surface area contributed by atoms with Gasteiger partial charge in [0.15, 0.2) is 0 Å². The molecule has 0 unspecified atom stereocenters. The average molecular weight is 342 g/mol. The Morgan fingerprint density at radius 3 is 2.54 bits per heavy atom. The zero-order chi connectivity index (χ0) is 17.1. The molecular formula is C21H24ClNO.